The zero-order chi connectivity index (χ0) is 42.1. The molecule has 59 heavy (non-hydrogen) atoms. The smallest absolute Gasteiger partial charge is 0.309 e. The summed E-state index contributed by atoms with van der Waals surface area (Å²) >= 11 is 0. The summed E-state index contributed by atoms with van der Waals surface area (Å²) in [6.07, 6.45) is 14.2. The van der Waals surface area contributed by atoms with Gasteiger partial charge >= 0.3 is 11.9 Å². The van der Waals surface area contributed by atoms with E-state index < -0.39 is 17.3 Å². The molecule has 8 heteroatoms. The molecule has 0 bridgehead atoms. The lowest BCUT2D eigenvalue weighted by molar-refractivity contribution is -0.251. The van der Waals surface area contributed by atoms with E-state index in [0.29, 0.717) is 41.9 Å². The molecule has 0 unspecified atom stereocenters. The monoisotopic (exact) mass is 807 g/mol. The highest BCUT2D eigenvalue weighted by Crippen LogP contribution is 2.78. The van der Waals surface area contributed by atoms with Crippen molar-refractivity contribution in [3.05, 3.63) is 54.6 Å². The molecule has 1 amide bonds. The Kier molecular flexibility index (Phi) is 9.58. The first kappa shape index (κ1) is 41.0. The number of likely N-dealkylation sites (tertiary alicyclic amines) is 1. The number of nitrogens with zero attached hydrogens (tertiary/aromatic N) is 2. The molecule has 320 valence electrons. The number of fused-ring (bicyclic) bond motifs is 7. The second-order valence-electron chi connectivity index (χ2n) is 22.7. The van der Waals surface area contributed by atoms with Crippen LogP contribution in [0.15, 0.2) is 53.2 Å². The highest BCUT2D eigenvalue weighted by Gasteiger charge is 2.72. The van der Waals surface area contributed by atoms with Gasteiger partial charge in [0.05, 0.1) is 17.3 Å². The number of rotatable bonds is 7. The topological polar surface area (TPSA) is 110 Å². The Bertz CT molecular complexity index is 2020. The number of amides is 1. The summed E-state index contributed by atoms with van der Waals surface area (Å²) < 4.78 is 12.6. The van der Waals surface area contributed by atoms with E-state index >= 15 is 4.79 Å². The van der Waals surface area contributed by atoms with Crippen LogP contribution in [0.1, 0.15) is 151 Å². The Hall–Kier alpha value is -3.42. The van der Waals surface area contributed by atoms with Gasteiger partial charge < -0.3 is 19.2 Å². The summed E-state index contributed by atoms with van der Waals surface area (Å²) in [5.41, 5.74) is 2.26. The standard InChI is InChI=1S/C51H70N2O6/c1-30(2)32-19-24-51(45(57)53-27-13-16-37(53)42-52-36(29-58-42)31-14-11-10-12-15-31)26-25-49(8)33(41(32)51)17-18-39-48(7)22-21-40(47(5,6)38(48)20-23-50(39,49)9)59-44(56)35-28-34(43(54)55)46(35,3)4/h10-12,14-15,29,32-35,37-41H,1,13,16-28H2,2-9H3,(H,54,55)/t32-,33+,34-,35+,37-,38-,39+,40-,41+,48-,49+,50+,51-/m0/s1. The average molecular weight is 807 g/mol. The predicted octanol–water partition coefficient (Wildman–Crippen LogP) is 11.3. The molecule has 2 aromatic rings. The fourth-order valence-corrected chi connectivity index (χ4v) is 16.4. The van der Waals surface area contributed by atoms with E-state index in [1.54, 1.807) is 6.26 Å². The van der Waals surface area contributed by atoms with E-state index in [-0.39, 0.29) is 57.0 Å². The molecular formula is C51H70N2O6. The van der Waals surface area contributed by atoms with Gasteiger partial charge in [-0.3, -0.25) is 14.4 Å². The van der Waals surface area contributed by atoms with Crippen molar-refractivity contribution in [3.63, 3.8) is 0 Å². The molecule has 6 aliphatic carbocycles. The largest absolute Gasteiger partial charge is 0.481 e. The maximum absolute atomic E-state index is 15.5. The molecule has 0 radical (unpaired) electrons. The lowest BCUT2D eigenvalue weighted by Crippen LogP contribution is -2.67. The molecule has 2 heterocycles. The molecule has 7 fully saturated rings. The van der Waals surface area contributed by atoms with E-state index in [4.69, 9.17) is 14.1 Å². The molecular weight excluding hydrogens is 737 g/mol. The Morgan fingerprint density at radius 1 is 0.831 bits per heavy atom. The van der Waals surface area contributed by atoms with E-state index in [1.807, 2.05) is 32.0 Å². The summed E-state index contributed by atoms with van der Waals surface area (Å²) in [6, 6.07) is 10.0. The first-order chi connectivity index (χ1) is 27.8. The second-order valence-corrected chi connectivity index (χ2v) is 22.7. The number of allylic oxidation sites excluding steroid dienone is 1. The van der Waals surface area contributed by atoms with Crippen LogP contribution >= 0.6 is 0 Å². The summed E-state index contributed by atoms with van der Waals surface area (Å²) in [6.45, 7) is 23.9. The summed E-state index contributed by atoms with van der Waals surface area (Å²) in [4.78, 5) is 48.2. The van der Waals surface area contributed by atoms with Gasteiger partial charge in [-0.15, -0.1) is 0 Å². The number of hydrogen-bond acceptors (Lipinski definition) is 6. The van der Waals surface area contributed by atoms with E-state index in [0.717, 1.165) is 88.4 Å². The summed E-state index contributed by atoms with van der Waals surface area (Å²) in [5.74, 6) is 1.16. The zero-order valence-electron chi connectivity index (χ0n) is 37.1. The molecule has 1 aliphatic heterocycles. The fraction of sp³-hybridized carbons (Fsp3) is 0.725. The Morgan fingerprint density at radius 3 is 2.27 bits per heavy atom. The molecule has 7 aliphatic rings. The Morgan fingerprint density at radius 2 is 1.58 bits per heavy atom. The lowest BCUT2D eigenvalue weighted by Gasteiger charge is -2.73. The minimum Gasteiger partial charge on any atom is -0.481 e. The number of carboxylic acid groups (broad SMARTS) is 1. The third kappa shape index (κ3) is 5.71. The maximum Gasteiger partial charge on any atom is 0.309 e. The number of esters is 1. The van der Waals surface area contributed by atoms with E-state index in [2.05, 4.69) is 65.2 Å². The van der Waals surface area contributed by atoms with Gasteiger partial charge in [0.1, 0.15) is 24.1 Å². The Labute approximate surface area is 352 Å². The normalized spacial score (nSPS) is 43.0. The van der Waals surface area contributed by atoms with Crippen molar-refractivity contribution in [1.29, 1.82) is 0 Å². The number of oxazole rings is 1. The molecule has 0 spiro atoms. The van der Waals surface area contributed by atoms with Crippen LogP contribution in [-0.2, 0) is 19.1 Å². The van der Waals surface area contributed by atoms with Crippen LogP contribution in [0.2, 0.25) is 0 Å². The van der Waals surface area contributed by atoms with Crippen molar-refractivity contribution >= 4 is 17.8 Å². The SMILES string of the molecule is C=C(C)[C@@H]1CC[C@]2(C(=O)N3CCC[C@H]3c3nc(-c4ccccc4)co3)CC[C@]3(C)[C@H](CC[C@@H]4[C@@]5(C)CC[C@H](OC(=O)[C@H]6C[C@@H](C(=O)O)C6(C)C)C(C)(C)[C@@H]5CC[C@]43C)[C@@H]12. The predicted molar refractivity (Wildman–Crippen MR) is 227 cm³/mol. The third-order valence-corrected chi connectivity index (χ3v) is 19.9. The van der Waals surface area contributed by atoms with Crippen LogP contribution in [0.25, 0.3) is 11.3 Å². The van der Waals surface area contributed by atoms with Gasteiger partial charge in [-0.1, -0.05) is 91.0 Å². The number of carbonyl (C=O) groups excluding carboxylic acids is 2. The molecule has 6 saturated carbocycles. The maximum atomic E-state index is 15.5. The highest BCUT2D eigenvalue weighted by atomic mass is 16.5. The fourth-order valence-electron chi connectivity index (χ4n) is 16.4. The van der Waals surface area contributed by atoms with Crippen molar-refractivity contribution in [2.45, 2.75) is 151 Å². The number of ether oxygens (including phenoxy) is 1. The minimum atomic E-state index is -0.819. The highest BCUT2D eigenvalue weighted by molar-refractivity contribution is 5.85. The van der Waals surface area contributed by atoms with Gasteiger partial charge in [-0.25, -0.2) is 4.98 Å². The lowest BCUT2D eigenvalue weighted by atomic mass is 9.32. The number of aromatic nitrogens is 1. The van der Waals surface area contributed by atoms with Gasteiger partial charge in [-0.2, -0.15) is 0 Å². The van der Waals surface area contributed by atoms with E-state index in [9.17, 15) is 14.7 Å². The van der Waals surface area contributed by atoms with Crippen LogP contribution in [0, 0.1) is 73.9 Å². The zero-order valence-corrected chi connectivity index (χ0v) is 37.1. The van der Waals surface area contributed by atoms with E-state index in [1.165, 1.54) is 12.0 Å². The van der Waals surface area contributed by atoms with Crippen LogP contribution in [0.5, 0.6) is 0 Å². The van der Waals surface area contributed by atoms with Crippen molar-refractivity contribution in [1.82, 2.24) is 9.88 Å². The number of aliphatic carboxylic acids is 1. The number of carboxylic acids is 1. The van der Waals surface area contributed by atoms with Gasteiger partial charge in [0, 0.05) is 17.5 Å². The second kappa shape index (κ2) is 13.8. The first-order valence-electron chi connectivity index (χ1n) is 23.2. The Balaban J connectivity index is 0.968. The quantitative estimate of drug-likeness (QED) is 0.219. The van der Waals surface area contributed by atoms with Crippen LogP contribution < -0.4 is 0 Å². The van der Waals surface area contributed by atoms with Crippen LogP contribution in [0.3, 0.4) is 0 Å². The molecule has 1 saturated heterocycles. The van der Waals surface area contributed by atoms with Crippen molar-refractivity contribution in [2.24, 2.45) is 73.9 Å². The minimum absolute atomic E-state index is 0.0951. The van der Waals surface area contributed by atoms with Crippen molar-refractivity contribution in [3.8, 4) is 11.3 Å². The van der Waals surface area contributed by atoms with Gasteiger partial charge in [-0.05, 0) is 142 Å². The number of benzene rings is 1. The van der Waals surface area contributed by atoms with Gasteiger partial charge in [0.25, 0.3) is 0 Å². The van der Waals surface area contributed by atoms with Gasteiger partial charge in [0.15, 0.2) is 0 Å². The summed E-state index contributed by atoms with van der Waals surface area (Å²) in [5, 5.41) is 9.70. The molecule has 9 rings (SSSR count). The number of carbonyl (C=O) groups is 3. The summed E-state index contributed by atoms with van der Waals surface area (Å²) in [7, 11) is 0. The molecule has 8 nitrogen and oxygen atoms in total. The third-order valence-electron chi connectivity index (χ3n) is 19.9. The van der Waals surface area contributed by atoms with Crippen LogP contribution in [0.4, 0.5) is 0 Å². The average Bonchev–Trinajstić information content (AvgIpc) is 3.95. The van der Waals surface area contributed by atoms with Crippen molar-refractivity contribution < 1.29 is 28.6 Å². The van der Waals surface area contributed by atoms with Gasteiger partial charge in [0.2, 0.25) is 11.8 Å². The van der Waals surface area contributed by atoms with Crippen molar-refractivity contribution in [2.75, 3.05) is 6.54 Å². The molecule has 13 atom stereocenters. The molecule has 1 N–H and O–H groups in total. The number of hydrogen-bond donors (Lipinski definition) is 1. The molecule has 1 aromatic heterocycles. The van der Waals surface area contributed by atoms with Crippen LogP contribution in [-0.4, -0.2) is 45.5 Å². The first-order valence-corrected chi connectivity index (χ1v) is 23.2. The molecule has 1 aromatic carbocycles.